The van der Waals surface area contributed by atoms with Gasteiger partial charge in [0.2, 0.25) is 0 Å². The van der Waals surface area contributed by atoms with Gasteiger partial charge in [0.05, 0.1) is 11.0 Å². The molecule has 0 bridgehead atoms. The zero-order valence-electron chi connectivity index (χ0n) is 11.3. The molecule has 0 aromatic heterocycles. The van der Waals surface area contributed by atoms with Gasteiger partial charge >= 0.3 is 0 Å². The highest BCUT2D eigenvalue weighted by Crippen LogP contribution is 2.32. The molecule has 1 atom stereocenters. The van der Waals surface area contributed by atoms with Crippen molar-refractivity contribution in [3.05, 3.63) is 69.0 Å². The van der Waals surface area contributed by atoms with Gasteiger partial charge in [-0.1, -0.05) is 30.7 Å². The van der Waals surface area contributed by atoms with E-state index in [2.05, 4.69) is 5.32 Å². The summed E-state index contributed by atoms with van der Waals surface area (Å²) in [5.74, 6) is -0.317. The second-order valence-electron chi connectivity index (χ2n) is 4.58. The second-order valence-corrected chi connectivity index (χ2v) is 5.01. The molecule has 0 saturated carbocycles. The largest absolute Gasteiger partial charge is 0.373 e. The van der Waals surface area contributed by atoms with Crippen LogP contribution in [-0.4, -0.2) is 4.92 Å². The van der Waals surface area contributed by atoms with Crippen molar-refractivity contribution in [2.24, 2.45) is 0 Å². The van der Waals surface area contributed by atoms with Gasteiger partial charge in [0.1, 0.15) is 11.5 Å². The Labute approximate surface area is 126 Å². The van der Waals surface area contributed by atoms with Crippen LogP contribution in [0.15, 0.2) is 42.5 Å². The lowest BCUT2D eigenvalue weighted by Crippen LogP contribution is -2.11. The summed E-state index contributed by atoms with van der Waals surface area (Å²) in [4.78, 5) is 10.6. The van der Waals surface area contributed by atoms with E-state index in [-0.39, 0.29) is 17.5 Å². The first-order valence-electron chi connectivity index (χ1n) is 6.47. The highest BCUT2D eigenvalue weighted by Gasteiger charge is 2.18. The zero-order valence-corrected chi connectivity index (χ0v) is 12.1. The van der Waals surface area contributed by atoms with E-state index < -0.39 is 4.92 Å². The summed E-state index contributed by atoms with van der Waals surface area (Å²) in [5, 5.41) is 14.6. The van der Waals surface area contributed by atoms with E-state index >= 15 is 0 Å². The van der Waals surface area contributed by atoms with Gasteiger partial charge in [-0.15, -0.1) is 0 Å². The van der Waals surface area contributed by atoms with Crippen molar-refractivity contribution in [3.8, 4) is 0 Å². The fourth-order valence-electron chi connectivity index (χ4n) is 2.09. The number of rotatable bonds is 5. The van der Waals surface area contributed by atoms with Crippen LogP contribution in [0.1, 0.15) is 24.9 Å². The van der Waals surface area contributed by atoms with Crippen LogP contribution in [0.4, 0.5) is 15.8 Å². The third-order valence-corrected chi connectivity index (χ3v) is 3.40. The van der Waals surface area contributed by atoms with Gasteiger partial charge in [-0.25, -0.2) is 4.39 Å². The molecule has 21 heavy (non-hydrogen) atoms. The normalized spacial score (nSPS) is 12.0. The highest BCUT2D eigenvalue weighted by atomic mass is 35.5. The SMILES string of the molecule is CCC(Nc1cc(Cl)ccc1[N+](=O)[O-])c1ccc(F)cc1. The number of anilines is 1. The van der Waals surface area contributed by atoms with Gasteiger partial charge < -0.3 is 5.32 Å². The second kappa shape index (κ2) is 6.54. The van der Waals surface area contributed by atoms with Crippen LogP contribution in [-0.2, 0) is 0 Å². The molecular formula is C15H14ClFN2O2. The summed E-state index contributed by atoms with van der Waals surface area (Å²) in [6, 6.07) is 10.2. The molecule has 0 spiro atoms. The Morgan fingerprint density at radius 1 is 1.29 bits per heavy atom. The smallest absolute Gasteiger partial charge is 0.292 e. The fraction of sp³-hybridized carbons (Fsp3) is 0.200. The van der Waals surface area contributed by atoms with Gasteiger partial charge in [-0.2, -0.15) is 0 Å². The van der Waals surface area contributed by atoms with Crippen molar-refractivity contribution in [1.29, 1.82) is 0 Å². The molecule has 110 valence electrons. The third-order valence-electron chi connectivity index (χ3n) is 3.17. The Bertz CT molecular complexity index is 647. The average molecular weight is 309 g/mol. The molecule has 0 saturated heterocycles. The van der Waals surface area contributed by atoms with E-state index in [4.69, 9.17) is 11.6 Å². The number of nitrogens with zero attached hydrogens (tertiary/aromatic N) is 1. The minimum absolute atomic E-state index is 0.0417. The van der Waals surface area contributed by atoms with Crippen LogP contribution in [0.25, 0.3) is 0 Å². The van der Waals surface area contributed by atoms with Gasteiger partial charge in [0.15, 0.2) is 0 Å². The molecule has 2 aromatic rings. The maximum absolute atomic E-state index is 13.0. The van der Waals surface area contributed by atoms with Crippen molar-refractivity contribution in [2.45, 2.75) is 19.4 Å². The summed E-state index contributed by atoms with van der Waals surface area (Å²) in [7, 11) is 0. The first kappa shape index (κ1) is 15.3. The number of nitro groups is 1. The molecule has 0 fully saturated rings. The Balaban J connectivity index is 2.32. The van der Waals surface area contributed by atoms with Crippen molar-refractivity contribution < 1.29 is 9.31 Å². The Morgan fingerprint density at radius 2 is 1.95 bits per heavy atom. The quantitative estimate of drug-likeness (QED) is 0.628. The van der Waals surface area contributed by atoms with Gasteiger partial charge in [-0.05, 0) is 36.2 Å². The Morgan fingerprint density at radius 3 is 2.52 bits per heavy atom. The maximum atomic E-state index is 13.0. The standard InChI is InChI=1S/C15H14ClFN2O2/c1-2-13(10-3-6-12(17)7-4-10)18-14-9-11(16)5-8-15(14)19(20)21/h3-9,13,18H,2H2,1H3. The summed E-state index contributed by atoms with van der Waals surface area (Å²) in [6.45, 7) is 1.94. The van der Waals surface area contributed by atoms with Crippen molar-refractivity contribution in [1.82, 2.24) is 0 Å². The summed E-state index contributed by atoms with van der Waals surface area (Å²) >= 11 is 5.90. The van der Waals surface area contributed by atoms with E-state index in [0.717, 1.165) is 5.56 Å². The molecular weight excluding hydrogens is 295 g/mol. The molecule has 1 N–H and O–H groups in total. The average Bonchev–Trinajstić information content (AvgIpc) is 2.45. The van der Waals surface area contributed by atoms with Crippen LogP contribution in [0.3, 0.4) is 0 Å². The van der Waals surface area contributed by atoms with Crippen LogP contribution >= 0.6 is 11.6 Å². The molecule has 0 heterocycles. The number of halogens is 2. The summed E-state index contributed by atoms with van der Waals surface area (Å²) in [6.07, 6.45) is 0.690. The third kappa shape index (κ3) is 3.70. The van der Waals surface area contributed by atoms with Crippen molar-refractivity contribution >= 4 is 23.0 Å². The topological polar surface area (TPSA) is 55.2 Å². The lowest BCUT2D eigenvalue weighted by Gasteiger charge is -2.19. The number of hydrogen-bond acceptors (Lipinski definition) is 3. The molecule has 0 radical (unpaired) electrons. The number of benzene rings is 2. The van der Waals surface area contributed by atoms with Crippen molar-refractivity contribution in [3.63, 3.8) is 0 Å². The summed E-state index contributed by atoms with van der Waals surface area (Å²) < 4.78 is 13.0. The molecule has 0 aliphatic carbocycles. The lowest BCUT2D eigenvalue weighted by molar-refractivity contribution is -0.384. The van der Waals surface area contributed by atoms with E-state index in [1.165, 1.54) is 30.3 Å². The monoisotopic (exact) mass is 308 g/mol. The van der Waals surface area contributed by atoms with Gasteiger partial charge in [0.25, 0.3) is 5.69 Å². The molecule has 1 unspecified atom stereocenters. The first-order chi connectivity index (χ1) is 10.0. The molecule has 0 amide bonds. The Kier molecular flexibility index (Phi) is 4.75. The lowest BCUT2D eigenvalue weighted by atomic mass is 10.0. The minimum atomic E-state index is -0.462. The first-order valence-corrected chi connectivity index (χ1v) is 6.85. The number of nitro benzene ring substituents is 1. The minimum Gasteiger partial charge on any atom is -0.373 e. The molecule has 0 aliphatic heterocycles. The fourth-order valence-corrected chi connectivity index (χ4v) is 2.26. The zero-order chi connectivity index (χ0) is 15.4. The van der Waals surface area contributed by atoms with Crippen LogP contribution < -0.4 is 5.32 Å². The van der Waals surface area contributed by atoms with Gasteiger partial charge in [-0.3, -0.25) is 10.1 Å². The van der Waals surface area contributed by atoms with Crippen LogP contribution in [0.5, 0.6) is 0 Å². The molecule has 0 aliphatic rings. The molecule has 6 heteroatoms. The van der Waals surface area contributed by atoms with Crippen LogP contribution in [0, 0.1) is 15.9 Å². The number of nitrogens with one attached hydrogen (secondary N) is 1. The van der Waals surface area contributed by atoms with Crippen molar-refractivity contribution in [2.75, 3.05) is 5.32 Å². The summed E-state index contributed by atoms with van der Waals surface area (Å²) in [5.41, 5.74) is 1.16. The number of hydrogen-bond donors (Lipinski definition) is 1. The van der Waals surface area contributed by atoms with Gasteiger partial charge in [0, 0.05) is 11.1 Å². The predicted octanol–water partition coefficient (Wildman–Crippen LogP) is 4.95. The van der Waals surface area contributed by atoms with E-state index in [1.807, 2.05) is 6.92 Å². The van der Waals surface area contributed by atoms with E-state index in [1.54, 1.807) is 12.1 Å². The molecule has 4 nitrogen and oxygen atoms in total. The molecule has 2 aromatic carbocycles. The highest BCUT2D eigenvalue weighted by molar-refractivity contribution is 6.31. The van der Waals surface area contributed by atoms with E-state index in [0.29, 0.717) is 17.1 Å². The molecule has 2 rings (SSSR count). The Hall–Kier alpha value is -2.14. The van der Waals surface area contributed by atoms with E-state index in [9.17, 15) is 14.5 Å². The van der Waals surface area contributed by atoms with Crippen LogP contribution in [0.2, 0.25) is 5.02 Å². The predicted molar refractivity (Wildman–Crippen MR) is 81.2 cm³/mol. The maximum Gasteiger partial charge on any atom is 0.292 e.